The highest BCUT2D eigenvalue weighted by molar-refractivity contribution is 5.70. The molecule has 0 saturated carbocycles. The van der Waals surface area contributed by atoms with E-state index in [1.807, 2.05) is 13.0 Å². The number of allylic oxidation sites excluding steroid dienone is 1. The molecular weight excluding hydrogens is 236 g/mol. The molecule has 2 atom stereocenters. The van der Waals surface area contributed by atoms with Crippen LogP contribution in [-0.2, 0) is 23.8 Å². The van der Waals surface area contributed by atoms with Gasteiger partial charge >= 0.3 is 5.97 Å². The van der Waals surface area contributed by atoms with E-state index in [0.29, 0.717) is 12.4 Å². The molecule has 104 valence electrons. The minimum atomic E-state index is -0.369. The minimum absolute atomic E-state index is 0.0217. The minimum Gasteiger partial charge on any atom is -0.467 e. The van der Waals surface area contributed by atoms with Crippen molar-refractivity contribution in [1.82, 2.24) is 0 Å². The Balaban J connectivity index is 3.95. The second kappa shape index (κ2) is 10.8. The van der Waals surface area contributed by atoms with Crippen molar-refractivity contribution in [3.05, 3.63) is 12.2 Å². The van der Waals surface area contributed by atoms with Gasteiger partial charge < -0.3 is 14.2 Å². The first-order valence-corrected chi connectivity index (χ1v) is 6.04. The van der Waals surface area contributed by atoms with Gasteiger partial charge in [-0.25, -0.2) is 4.79 Å². The summed E-state index contributed by atoms with van der Waals surface area (Å²) in [7, 11) is 1.34. The van der Waals surface area contributed by atoms with Crippen LogP contribution in [0.25, 0.3) is 0 Å². The number of ether oxygens (including phenoxy) is 3. The van der Waals surface area contributed by atoms with Crippen molar-refractivity contribution in [1.29, 1.82) is 0 Å². The van der Waals surface area contributed by atoms with E-state index in [9.17, 15) is 9.59 Å². The van der Waals surface area contributed by atoms with Crippen molar-refractivity contribution in [3.8, 4) is 0 Å². The van der Waals surface area contributed by atoms with E-state index >= 15 is 0 Å². The number of methoxy groups -OCH3 is 1. The maximum Gasteiger partial charge on any atom is 0.331 e. The zero-order valence-electron chi connectivity index (χ0n) is 11.3. The van der Waals surface area contributed by atoms with Crippen LogP contribution in [0.2, 0.25) is 0 Å². The predicted octanol–water partition coefficient (Wildman–Crippen LogP) is 1.71. The third kappa shape index (κ3) is 7.84. The quantitative estimate of drug-likeness (QED) is 0.258. The fourth-order valence-corrected chi connectivity index (χ4v) is 1.52. The summed E-state index contributed by atoms with van der Waals surface area (Å²) in [5, 5.41) is 0. The molecule has 0 bridgehead atoms. The molecule has 0 aromatic heterocycles. The molecule has 0 aliphatic rings. The van der Waals surface area contributed by atoms with Gasteiger partial charge in [-0.15, -0.1) is 0 Å². The Morgan fingerprint density at radius 2 is 2.06 bits per heavy atom. The van der Waals surface area contributed by atoms with Crippen molar-refractivity contribution in [2.24, 2.45) is 5.92 Å². The molecule has 0 saturated heterocycles. The van der Waals surface area contributed by atoms with Crippen LogP contribution in [0.5, 0.6) is 0 Å². The first-order chi connectivity index (χ1) is 8.65. The maximum atomic E-state index is 10.9. The number of hydrogen-bond acceptors (Lipinski definition) is 5. The largest absolute Gasteiger partial charge is 0.467 e. The standard InChI is InChI=1S/C13H22O5/c1-4-12(7-5-6-8-17-10-14)11(2)18-9-13(15)16-3/h5-6,10-12H,4,7-9H2,1-3H3/b6-5+. The highest BCUT2D eigenvalue weighted by atomic mass is 16.6. The summed E-state index contributed by atoms with van der Waals surface area (Å²) < 4.78 is 14.5. The van der Waals surface area contributed by atoms with Crippen molar-refractivity contribution in [3.63, 3.8) is 0 Å². The Labute approximate surface area is 108 Å². The van der Waals surface area contributed by atoms with E-state index in [1.54, 1.807) is 6.08 Å². The third-order valence-corrected chi connectivity index (χ3v) is 2.75. The van der Waals surface area contributed by atoms with Gasteiger partial charge in [0.25, 0.3) is 6.47 Å². The zero-order chi connectivity index (χ0) is 13.8. The molecule has 0 N–H and O–H groups in total. The lowest BCUT2D eigenvalue weighted by atomic mass is 9.96. The van der Waals surface area contributed by atoms with E-state index in [1.165, 1.54) is 7.11 Å². The Bertz CT molecular complexity index is 262. The zero-order valence-corrected chi connectivity index (χ0v) is 11.3. The Morgan fingerprint density at radius 1 is 1.33 bits per heavy atom. The van der Waals surface area contributed by atoms with Crippen LogP contribution >= 0.6 is 0 Å². The highest BCUT2D eigenvalue weighted by Crippen LogP contribution is 2.17. The van der Waals surface area contributed by atoms with Gasteiger partial charge in [-0.05, 0) is 19.3 Å². The lowest BCUT2D eigenvalue weighted by molar-refractivity contribution is -0.148. The molecule has 0 heterocycles. The van der Waals surface area contributed by atoms with Crippen LogP contribution in [0.15, 0.2) is 12.2 Å². The van der Waals surface area contributed by atoms with Gasteiger partial charge in [-0.2, -0.15) is 0 Å². The Hall–Kier alpha value is -1.36. The fraction of sp³-hybridized carbons (Fsp3) is 0.692. The van der Waals surface area contributed by atoms with Gasteiger partial charge in [0.1, 0.15) is 13.2 Å². The van der Waals surface area contributed by atoms with Gasteiger partial charge in [0.15, 0.2) is 0 Å². The average Bonchev–Trinajstić information content (AvgIpc) is 2.39. The normalized spacial score (nSPS) is 14.2. The first-order valence-electron chi connectivity index (χ1n) is 6.04. The summed E-state index contributed by atoms with van der Waals surface area (Å²) in [5.41, 5.74) is 0. The van der Waals surface area contributed by atoms with Crippen LogP contribution in [-0.4, -0.2) is 38.9 Å². The molecule has 0 fully saturated rings. The summed E-state index contributed by atoms with van der Waals surface area (Å²) in [6.45, 7) is 4.69. The molecule has 0 aliphatic carbocycles. The van der Waals surface area contributed by atoms with Crippen molar-refractivity contribution in [2.75, 3.05) is 20.3 Å². The molecule has 5 heteroatoms. The molecule has 5 nitrogen and oxygen atoms in total. The van der Waals surface area contributed by atoms with Crippen LogP contribution in [0.4, 0.5) is 0 Å². The Kier molecular flexibility index (Phi) is 9.96. The summed E-state index contributed by atoms with van der Waals surface area (Å²) in [6.07, 6.45) is 5.49. The van der Waals surface area contributed by atoms with Gasteiger partial charge in [0, 0.05) is 0 Å². The second-order valence-electron chi connectivity index (χ2n) is 3.90. The van der Waals surface area contributed by atoms with Gasteiger partial charge in [-0.3, -0.25) is 4.79 Å². The summed E-state index contributed by atoms with van der Waals surface area (Å²) in [5.74, 6) is -0.0474. The lowest BCUT2D eigenvalue weighted by Gasteiger charge is -2.21. The van der Waals surface area contributed by atoms with Crippen molar-refractivity contribution in [2.45, 2.75) is 32.8 Å². The number of carbonyl (C=O) groups excluding carboxylic acids is 2. The Morgan fingerprint density at radius 3 is 2.61 bits per heavy atom. The van der Waals surface area contributed by atoms with Gasteiger partial charge in [0.2, 0.25) is 0 Å². The summed E-state index contributed by atoms with van der Waals surface area (Å²) >= 11 is 0. The molecule has 0 rings (SSSR count). The molecule has 0 spiro atoms. The number of esters is 1. The molecule has 0 aromatic carbocycles. The van der Waals surface area contributed by atoms with E-state index in [0.717, 1.165) is 12.8 Å². The smallest absolute Gasteiger partial charge is 0.331 e. The SMILES string of the molecule is CCC(C/C=C/COC=O)C(C)OCC(=O)OC. The number of hydrogen-bond donors (Lipinski definition) is 0. The molecule has 0 aliphatic heterocycles. The van der Waals surface area contributed by atoms with E-state index in [-0.39, 0.29) is 25.3 Å². The van der Waals surface area contributed by atoms with E-state index in [4.69, 9.17) is 4.74 Å². The van der Waals surface area contributed by atoms with E-state index < -0.39 is 0 Å². The monoisotopic (exact) mass is 258 g/mol. The maximum absolute atomic E-state index is 10.9. The summed E-state index contributed by atoms with van der Waals surface area (Å²) in [4.78, 5) is 20.9. The van der Waals surface area contributed by atoms with Gasteiger partial charge in [-0.1, -0.05) is 25.5 Å². The molecular formula is C13H22O5. The highest BCUT2D eigenvalue weighted by Gasteiger charge is 2.16. The van der Waals surface area contributed by atoms with Crippen molar-refractivity contribution < 1.29 is 23.8 Å². The fourth-order valence-electron chi connectivity index (χ4n) is 1.52. The predicted molar refractivity (Wildman–Crippen MR) is 67.0 cm³/mol. The van der Waals surface area contributed by atoms with Gasteiger partial charge in [0.05, 0.1) is 13.2 Å². The topological polar surface area (TPSA) is 61.8 Å². The van der Waals surface area contributed by atoms with E-state index in [2.05, 4.69) is 16.4 Å². The molecule has 0 aromatic rings. The molecule has 18 heavy (non-hydrogen) atoms. The third-order valence-electron chi connectivity index (χ3n) is 2.75. The van der Waals surface area contributed by atoms with Crippen molar-refractivity contribution >= 4 is 12.4 Å². The summed E-state index contributed by atoms with van der Waals surface area (Å²) in [6, 6.07) is 0. The lowest BCUT2D eigenvalue weighted by Crippen LogP contribution is -2.23. The van der Waals surface area contributed by atoms with Crippen LogP contribution in [0.1, 0.15) is 26.7 Å². The van der Waals surface area contributed by atoms with Crippen LogP contribution in [0, 0.1) is 5.92 Å². The number of carbonyl (C=O) groups is 2. The first kappa shape index (κ1) is 16.6. The average molecular weight is 258 g/mol. The molecule has 0 amide bonds. The van der Waals surface area contributed by atoms with Crippen LogP contribution < -0.4 is 0 Å². The van der Waals surface area contributed by atoms with Crippen LogP contribution in [0.3, 0.4) is 0 Å². The molecule has 2 unspecified atom stereocenters. The molecule has 0 radical (unpaired) electrons. The second-order valence-corrected chi connectivity index (χ2v) is 3.90. The number of rotatable bonds is 10.